The maximum atomic E-state index is 9.86. The molecular weight excluding hydrogens is 660 g/mol. The van der Waals surface area contributed by atoms with E-state index in [1.807, 2.05) is 31.2 Å². The number of nitrogens with zero attached hydrogens (tertiary/aromatic N) is 3. The third-order valence-corrected chi connectivity index (χ3v) is 9.81. The molecule has 1 fully saturated rings. The SMILES string of the molecule is Cc1cc(OCc2cccc(-c3cccc(OCCCN4CCC(O)C4)c3C)c2C)cc(OCc2cncc(C#N)c2)c1CNC(CO)(CO)CO. The van der Waals surface area contributed by atoms with Gasteiger partial charge in [-0.1, -0.05) is 30.3 Å². The van der Waals surface area contributed by atoms with Crippen molar-refractivity contribution in [2.24, 2.45) is 0 Å². The van der Waals surface area contributed by atoms with Gasteiger partial charge in [-0.25, -0.2) is 0 Å². The topological polar surface area (TPSA) is 161 Å². The maximum Gasteiger partial charge on any atom is 0.128 e. The van der Waals surface area contributed by atoms with Crippen LogP contribution in [0.3, 0.4) is 0 Å². The lowest BCUT2D eigenvalue weighted by atomic mass is 9.93. The van der Waals surface area contributed by atoms with Crippen molar-refractivity contribution >= 4 is 0 Å². The van der Waals surface area contributed by atoms with Gasteiger partial charge in [-0.15, -0.1) is 0 Å². The summed E-state index contributed by atoms with van der Waals surface area (Å²) in [5.74, 6) is 1.98. The summed E-state index contributed by atoms with van der Waals surface area (Å²) in [6.07, 6.45) is 4.66. The molecule has 3 aromatic carbocycles. The number of nitrogens with one attached hydrogen (secondary N) is 1. The van der Waals surface area contributed by atoms with Gasteiger partial charge in [0.05, 0.1) is 43.6 Å². The Morgan fingerprint density at radius 2 is 1.65 bits per heavy atom. The van der Waals surface area contributed by atoms with Crippen LogP contribution in [-0.2, 0) is 19.8 Å². The lowest BCUT2D eigenvalue weighted by molar-refractivity contribution is 0.0411. The molecule has 1 atom stereocenters. The summed E-state index contributed by atoms with van der Waals surface area (Å²) in [6, 6.07) is 19.9. The zero-order valence-corrected chi connectivity index (χ0v) is 30.3. The van der Waals surface area contributed by atoms with Crippen LogP contribution < -0.4 is 19.5 Å². The number of nitriles is 1. The van der Waals surface area contributed by atoms with Crippen molar-refractivity contribution in [2.75, 3.05) is 46.1 Å². The Bertz CT molecular complexity index is 1830. The van der Waals surface area contributed by atoms with Gasteiger partial charge in [0.1, 0.15) is 36.5 Å². The number of aliphatic hydroxyl groups is 4. The second-order valence-electron chi connectivity index (χ2n) is 13.6. The van der Waals surface area contributed by atoms with Crippen molar-refractivity contribution in [3.63, 3.8) is 0 Å². The van der Waals surface area contributed by atoms with Crippen LogP contribution in [0.1, 0.15) is 51.8 Å². The van der Waals surface area contributed by atoms with Crippen molar-refractivity contribution in [3.8, 4) is 34.4 Å². The summed E-state index contributed by atoms with van der Waals surface area (Å²) in [5.41, 5.74) is 6.90. The van der Waals surface area contributed by atoms with E-state index in [2.05, 4.69) is 53.3 Å². The van der Waals surface area contributed by atoms with Crippen LogP contribution in [0.2, 0.25) is 0 Å². The smallest absolute Gasteiger partial charge is 0.128 e. The van der Waals surface area contributed by atoms with Crippen LogP contribution >= 0.6 is 0 Å². The number of rotatable bonds is 18. The lowest BCUT2D eigenvalue weighted by Gasteiger charge is -2.29. The number of aliphatic hydroxyl groups excluding tert-OH is 4. The van der Waals surface area contributed by atoms with Gasteiger partial charge in [-0.2, -0.15) is 5.26 Å². The average molecular weight is 711 g/mol. The highest BCUT2D eigenvalue weighted by atomic mass is 16.5. The highest BCUT2D eigenvalue weighted by molar-refractivity contribution is 5.73. The van der Waals surface area contributed by atoms with E-state index in [0.29, 0.717) is 30.3 Å². The summed E-state index contributed by atoms with van der Waals surface area (Å²) in [7, 11) is 0. The Morgan fingerprint density at radius 3 is 2.37 bits per heavy atom. The molecule has 5 N–H and O–H groups in total. The normalized spacial score (nSPS) is 14.7. The molecule has 276 valence electrons. The Morgan fingerprint density at radius 1 is 0.904 bits per heavy atom. The molecule has 4 aromatic rings. The van der Waals surface area contributed by atoms with Crippen LogP contribution in [-0.4, -0.2) is 88.0 Å². The fourth-order valence-corrected chi connectivity index (χ4v) is 6.41. The van der Waals surface area contributed by atoms with Crippen LogP contribution in [0, 0.1) is 32.1 Å². The van der Waals surface area contributed by atoms with Crippen molar-refractivity contribution in [2.45, 2.75) is 65.0 Å². The number of hydrogen-bond acceptors (Lipinski definition) is 11. The molecule has 2 heterocycles. The van der Waals surface area contributed by atoms with Gasteiger partial charge in [0, 0.05) is 55.8 Å². The van der Waals surface area contributed by atoms with Crippen LogP contribution in [0.4, 0.5) is 0 Å². The van der Waals surface area contributed by atoms with Crippen LogP contribution in [0.5, 0.6) is 17.2 Å². The van der Waals surface area contributed by atoms with Gasteiger partial charge >= 0.3 is 0 Å². The van der Waals surface area contributed by atoms with E-state index >= 15 is 0 Å². The minimum absolute atomic E-state index is 0.148. The first-order valence-electron chi connectivity index (χ1n) is 17.7. The van der Waals surface area contributed by atoms with Gasteiger partial charge in [-0.3, -0.25) is 4.98 Å². The molecule has 11 heteroatoms. The van der Waals surface area contributed by atoms with E-state index in [4.69, 9.17) is 14.2 Å². The molecule has 1 aliphatic rings. The van der Waals surface area contributed by atoms with Gasteiger partial charge in [0.15, 0.2) is 0 Å². The largest absolute Gasteiger partial charge is 0.493 e. The number of pyridine rings is 1. The van der Waals surface area contributed by atoms with Gasteiger partial charge in [0.2, 0.25) is 0 Å². The number of ether oxygens (including phenoxy) is 3. The summed E-state index contributed by atoms with van der Waals surface area (Å²) in [4.78, 5) is 6.41. The maximum absolute atomic E-state index is 9.86. The van der Waals surface area contributed by atoms with Gasteiger partial charge in [0.25, 0.3) is 0 Å². The van der Waals surface area contributed by atoms with Crippen molar-refractivity contribution in [1.82, 2.24) is 15.2 Å². The van der Waals surface area contributed by atoms with E-state index in [0.717, 1.165) is 82.7 Å². The highest BCUT2D eigenvalue weighted by Gasteiger charge is 2.28. The monoisotopic (exact) mass is 710 g/mol. The summed E-state index contributed by atoms with van der Waals surface area (Å²) < 4.78 is 18.9. The molecule has 0 radical (unpaired) electrons. The first-order chi connectivity index (χ1) is 25.2. The number of aryl methyl sites for hydroxylation is 1. The van der Waals surface area contributed by atoms with E-state index < -0.39 is 25.4 Å². The van der Waals surface area contributed by atoms with E-state index in [-0.39, 0.29) is 19.3 Å². The molecule has 0 saturated carbocycles. The number of β-amino-alcohol motifs (C(OH)–C–C–N with tert-alkyl or cyclic N) is 1. The summed E-state index contributed by atoms with van der Waals surface area (Å²) >= 11 is 0. The predicted molar refractivity (Wildman–Crippen MR) is 198 cm³/mol. The molecule has 52 heavy (non-hydrogen) atoms. The minimum Gasteiger partial charge on any atom is -0.493 e. The molecule has 1 saturated heterocycles. The van der Waals surface area contributed by atoms with Crippen molar-refractivity contribution in [1.29, 1.82) is 5.26 Å². The molecule has 1 aromatic heterocycles. The summed E-state index contributed by atoms with van der Waals surface area (Å²) in [6.45, 7) is 8.60. The molecule has 0 spiro atoms. The second-order valence-corrected chi connectivity index (χ2v) is 13.6. The molecule has 5 rings (SSSR count). The Balaban J connectivity index is 1.32. The Hall–Kier alpha value is -4.54. The molecule has 1 unspecified atom stereocenters. The molecule has 0 aliphatic carbocycles. The second kappa shape index (κ2) is 18.3. The van der Waals surface area contributed by atoms with Crippen molar-refractivity contribution < 1.29 is 34.6 Å². The molecule has 0 amide bonds. The number of hydrogen-bond donors (Lipinski definition) is 5. The third-order valence-electron chi connectivity index (χ3n) is 9.81. The first-order valence-corrected chi connectivity index (χ1v) is 17.7. The Labute approximate surface area is 306 Å². The molecular formula is C41H50N4O7. The number of aromatic nitrogens is 1. The zero-order chi connectivity index (χ0) is 37.1. The summed E-state index contributed by atoms with van der Waals surface area (Å²) in [5, 5.41) is 51.8. The fraction of sp³-hybridized carbons (Fsp3) is 0.415. The third kappa shape index (κ3) is 9.66. The van der Waals surface area contributed by atoms with Crippen molar-refractivity contribution in [3.05, 3.63) is 106 Å². The van der Waals surface area contributed by atoms with E-state index in [1.54, 1.807) is 18.3 Å². The lowest BCUT2D eigenvalue weighted by Crippen LogP contribution is -2.54. The number of benzene rings is 3. The van der Waals surface area contributed by atoms with E-state index in [9.17, 15) is 25.7 Å². The standard InChI is InChI=1S/C41H50N4O7/c1-28-15-35(17-40(38(28)21-44-41(25-46,26-47)27-48)52-23-32-16-31(18-42)19-43-20-32)51-24-33-7-4-8-36(29(33)2)37-9-5-10-39(30(37)3)50-14-6-12-45-13-11-34(49)22-45/h4-5,7-10,15-17,19-20,34,44,46-49H,6,11-14,21-27H2,1-3H3. The molecule has 11 nitrogen and oxygen atoms in total. The highest BCUT2D eigenvalue weighted by Crippen LogP contribution is 2.35. The average Bonchev–Trinajstić information content (AvgIpc) is 3.58. The fourth-order valence-electron chi connectivity index (χ4n) is 6.41. The van der Waals surface area contributed by atoms with E-state index in [1.165, 1.54) is 6.20 Å². The number of likely N-dealkylation sites (tertiary alicyclic amines) is 1. The minimum atomic E-state index is -1.27. The Kier molecular flexibility index (Phi) is 13.6. The molecule has 1 aliphatic heterocycles. The van der Waals surface area contributed by atoms with Crippen LogP contribution in [0.25, 0.3) is 11.1 Å². The quantitative estimate of drug-likeness (QED) is 0.0935. The van der Waals surface area contributed by atoms with Gasteiger partial charge in [-0.05, 0) is 85.2 Å². The predicted octanol–water partition coefficient (Wildman–Crippen LogP) is 4.34. The molecule has 0 bridgehead atoms. The first kappa shape index (κ1) is 38.7. The zero-order valence-electron chi connectivity index (χ0n) is 30.3. The van der Waals surface area contributed by atoms with Crippen LogP contribution in [0.15, 0.2) is 67.0 Å². The van der Waals surface area contributed by atoms with Gasteiger partial charge < -0.3 is 44.9 Å².